The predicted octanol–water partition coefficient (Wildman–Crippen LogP) is 2.00. The van der Waals surface area contributed by atoms with Crippen LogP contribution in [0.1, 0.15) is 24.5 Å². The first-order valence-electron chi connectivity index (χ1n) is 5.83. The van der Waals surface area contributed by atoms with E-state index in [4.69, 9.17) is 0 Å². The van der Waals surface area contributed by atoms with E-state index in [0.29, 0.717) is 5.69 Å². The molecule has 0 aliphatic carbocycles. The summed E-state index contributed by atoms with van der Waals surface area (Å²) in [6.07, 6.45) is 2.11. The summed E-state index contributed by atoms with van der Waals surface area (Å²) in [4.78, 5) is 24.2. The second-order valence-electron chi connectivity index (χ2n) is 4.25. The van der Waals surface area contributed by atoms with Crippen LogP contribution >= 0.6 is 0 Å². The van der Waals surface area contributed by atoms with Gasteiger partial charge < -0.3 is 5.32 Å². The highest BCUT2D eigenvalue weighted by atomic mass is 16.2. The summed E-state index contributed by atoms with van der Waals surface area (Å²) < 4.78 is 0. The van der Waals surface area contributed by atoms with Gasteiger partial charge in [-0.25, -0.2) is 9.69 Å². The quantitative estimate of drug-likeness (QED) is 0.810. The van der Waals surface area contributed by atoms with E-state index in [0.717, 1.165) is 18.4 Å². The number of imide groups is 1. The van der Waals surface area contributed by atoms with E-state index in [1.165, 1.54) is 10.5 Å². The number of urea groups is 1. The van der Waals surface area contributed by atoms with Gasteiger partial charge in [-0.05, 0) is 36.6 Å². The molecule has 1 fully saturated rings. The normalized spacial score (nSPS) is 15.3. The van der Waals surface area contributed by atoms with Crippen molar-refractivity contribution in [3.8, 4) is 0 Å². The van der Waals surface area contributed by atoms with Crippen LogP contribution in [0, 0.1) is 6.92 Å². The van der Waals surface area contributed by atoms with Gasteiger partial charge in [0, 0.05) is 0 Å². The molecule has 0 saturated carbocycles. The van der Waals surface area contributed by atoms with Gasteiger partial charge in [-0.3, -0.25) is 4.79 Å². The summed E-state index contributed by atoms with van der Waals surface area (Å²) >= 11 is 0. The average Bonchev–Trinajstić information content (AvgIpc) is 2.62. The van der Waals surface area contributed by atoms with Crippen molar-refractivity contribution in [3.05, 3.63) is 29.3 Å². The molecule has 4 nitrogen and oxygen atoms in total. The highest BCUT2D eigenvalue weighted by Crippen LogP contribution is 2.22. The Bertz CT molecular complexity index is 452. The number of carbonyl (C=O) groups is 2. The maximum atomic E-state index is 11.5. The molecular weight excluding hydrogens is 216 g/mol. The van der Waals surface area contributed by atoms with Crippen molar-refractivity contribution in [2.45, 2.75) is 26.7 Å². The van der Waals surface area contributed by atoms with Crippen LogP contribution in [0.2, 0.25) is 0 Å². The molecule has 1 aliphatic rings. The molecule has 0 atom stereocenters. The Morgan fingerprint density at radius 3 is 2.65 bits per heavy atom. The van der Waals surface area contributed by atoms with Gasteiger partial charge in [0.2, 0.25) is 0 Å². The Morgan fingerprint density at radius 1 is 1.35 bits per heavy atom. The Balaban J connectivity index is 2.31. The highest BCUT2D eigenvalue weighted by Gasteiger charge is 2.29. The lowest BCUT2D eigenvalue weighted by molar-refractivity contribution is -0.115. The fourth-order valence-electron chi connectivity index (χ4n) is 2.05. The van der Waals surface area contributed by atoms with Crippen LogP contribution in [0.3, 0.4) is 0 Å². The zero-order chi connectivity index (χ0) is 12.4. The highest BCUT2D eigenvalue weighted by molar-refractivity contribution is 6.19. The second-order valence-corrected chi connectivity index (χ2v) is 4.25. The monoisotopic (exact) mass is 232 g/mol. The predicted molar refractivity (Wildman–Crippen MR) is 66.1 cm³/mol. The van der Waals surface area contributed by atoms with E-state index in [1.54, 1.807) is 0 Å². The molecule has 0 radical (unpaired) electrons. The average molecular weight is 232 g/mol. The molecule has 0 aromatic heterocycles. The summed E-state index contributed by atoms with van der Waals surface area (Å²) in [5, 5.41) is 2.51. The van der Waals surface area contributed by atoms with Crippen molar-refractivity contribution in [2.75, 3.05) is 11.4 Å². The first kappa shape index (κ1) is 11.6. The molecule has 2 rings (SSSR count). The maximum Gasteiger partial charge on any atom is 0.329 e. The summed E-state index contributed by atoms with van der Waals surface area (Å²) in [7, 11) is 0. The fourth-order valence-corrected chi connectivity index (χ4v) is 2.05. The second kappa shape index (κ2) is 4.57. The molecule has 0 bridgehead atoms. The zero-order valence-corrected chi connectivity index (χ0v) is 10.1. The van der Waals surface area contributed by atoms with Crippen molar-refractivity contribution in [1.29, 1.82) is 0 Å². The van der Waals surface area contributed by atoms with E-state index >= 15 is 0 Å². The van der Waals surface area contributed by atoms with Gasteiger partial charge in [0.1, 0.15) is 0 Å². The maximum absolute atomic E-state index is 11.5. The molecule has 90 valence electrons. The van der Waals surface area contributed by atoms with Gasteiger partial charge in [-0.15, -0.1) is 0 Å². The van der Waals surface area contributed by atoms with Gasteiger partial charge >= 0.3 is 6.03 Å². The lowest BCUT2D eigenvalue weighted by Crippen LogP contribution is -2.30. The Hall–Kier alpha value is -1.84. The van der Waals surface area contributed by atoms with Crippen molar-refractivity contribution in [1.82, 2.24) is 5.32 Å². The number of hydrogen-bond donors (Lipinski definition) is 1. The van der Waals surface area contributed by atoms with E-state index in [2.05, 4.69) is 12.2 Å². The number of hydrogen-bond acceptors (Lipinski definition) is 2. The molecule has 1 saturated heterocycles. The van der Waals surface area contributed by atoms with Crippen molar-refractivity contribution in [3.63, 3.8) is 0 Å². The number of nitrogens with one attached hydrogen (secondary N) is 1. The summed E-state index contributed by atoms with van der Waals surface area (Å²) in [5.41, 5.74) is 3.04. The molecule has 1 aliphatic heterocycles. The van der Waals surface area contributed by atoms with Crippen molar-refractivity contribution >= 4 is 17.6 Å². The van der Waals surface area contributed by atoms with Gasteiger partial charge in [0.25, 0.3) is 5.91 Å². The van der Waals surface area contributed by atoms with Gasteiger partial charge in [-0.1, -0.05) is 19.4 Å². The van der Waals surface area contributed by atoms with Gasteiger partial charge in [0.05, 0.1) is 12.2 Å². The molecular formula is C13H16N2O2. The molecule has 1 N–H and O–H groups in total. The number of rotatable bonds is 3. The molecule has 0 unspecified atom stereocenters. The lowest BCUT2D eigenvalue weighted by Gasteiger charge is -2.14. The molecule has 1 heterocycles. The van der Waals surface area contributed by atoms with E-state index in [1.807, 2.05) is 25.1 Å². The van der Waals surface area contributed by atoms with Crippen molar-refractivity contribution < 1.29 is 9.59 Å². The van der Waals surface area contributed by atoms with Crippen LogP contribution < -0.4 is 10.2 Å². The van der Waals surface area contributed by atoms with Crippen molar-refractivity contribution in [2.24, 2.45) is 0 Å². The largest absolute Gasteiger partial charge is 0.329 e. The Kier molecular flexibility index (Phi) is 3.13. The standard InChI is InChI=1S/C13H16N2O2/c1-3-4-10-5-6-11(7-9(10)2)15-12(16)8-14-13(15)17/h5-7H,3-4,8H2,1-2H3,(H,14,17). The molecule has 17 heavy (non-hydrogen) atoms. The third-order valence-electron chi connectivity index (χ3n) is 2.95. The minimum absolute atomic E-state index is 0.0919. The minimum atomic E-state index is -0.336. The first-order valence-corrected chi connectivity index (χ1v) is 5.83. The summed E-state index contributed by atoms with van der Waals surface area (Å²) in [6, 6.07) is 5.39. The number of benzene rings is 1. The minimum Gasteiger partial charge on any atom is -0.328 e. The van der Waals surface area contributed by atoms with Crippen LogP contribution in [-0.4, -0.2) is 18.5 Å². The lowest BCUT2D eigenvalue weighted by atomic mass is 10.0. The van der Waals surface area contributed by atoms with Crippen LogP contribution in [0.5, 0.6) is 0 Å². The SMILES string of the molecule is CCCc1ccc(N2C(=O)CNC2=O)cc1C. The van der Waals surface area contributed by atoms with Gasteiger partial charge in [-0.2, -0.15) is 0 Å². The number of nitrogens with zero attached hydrogens (tertiary/aromatic N) is 1. The van der Waals surface area contributed by atoms with Gasteiger partial charge in [0.15, 0.2) is 0 Å². The van der Waals surface area contributed by atoms with E-state index in [-0.39, 0.29) is 18.5 Å². The fraction of sp³-hybridized carbons (Fsp3) is 0.385. The number of amides is 3. The molecule has 1 aromatic rings. The van der Waals surface area contributed by atoms with Crippen LogP contribution in [0.15, 0.2) is 18.2 Å². The number of carbonyl (C=O) groups excluding carboxylic acids is 2. The third kappa shape index (κ3) is 2.16. The molecule has 3 amide bonds. The zero-order valence-electron chi connectivity index (χ0n) is 10.1. The first-order chi connectivity index (χ1) is 8.13. The summed E-state index contributed by atoms with van der Waals surface area (Å²) in [6.45, 7) is 4.23. The Morgan fingerprint density at radius 2 is 2.12 bits per heavy atom. The van der Waals surface area contributed by atoms with E-state index < -0.39 is 0 Å². The van der Waals surface area contributed by atoms with Crippen LogP contribution in [-0.2, 0) is 11.2 Å². The molecule has 4 heteroatoms. The van der Waals surface area contributed by atoms with Crippen LogP contribution in [0.25, 0.3) is 0 Å². The molecule has 1 aromatic carbocycles. The van der Waals surface area contributed by atoms with E-state index in [9.17, 15) is 9.59 Å². The third-order valence-corrected chi connectivity index (χ3v) is 2.95. The smallest absolute Gasteiger partial charge is 0.328 e. The molecule has 0 spiro atoms. The topological polar surface area (TPSA) is 49.4 Å². The number of anilines is 1. The van der Waals surface area contributed by atoms with Crippen LogP contribution in [0.4, 0.5) is 10.5 Å². The number of aryl methyl sites for hydroxylation is 2. The summed E-state index contributed by atoms with van der Waals surface area (Å²) in [5.74, 6) is -0.197. The Labute approximate surface area is 101 Å².